The second kappa shape index (κ2) is 9.97. The lowest BCUT2D eigenvalue weighted by Crippen LogP contribution is -2.17. The van der Waals surface area contributed by atoms with Gasteiger partial charge < -0.3 is 14.6 Å². The van der Waals surface area contributed by atoms with Crippen LogP contribution in [0, 0.1) is 0 Å². The number of carbonyl (C=O) groups excluding carboxylic acids is 2. The zero-order valence-corrected chi connectivity index (χ0v) is 19.9. The van der Waals surface area contributed by atoms with Gasteiger partial charge in [0, 0.05) is 22.7 Å². The Morgan fingerprint density at radius 1 is 1.29 bits per heavy atom. The number of aromatic nitrogens is 3. The van der Waals surface area contributed by atoms with Gasteiger partial charge in [0.2, 0.25) is 5.91 Å². The van der Waals surface area contributed by atoms with Crippen LogP contribution in [0.1, 0.15) is 51.8 Å². The third-order valence-corrected chi connectivity index (χ3v) is 8.06. The molecule has 0 aliphatic heterocycles. The molecule has 0 saturated heterocycles. The normalized spacial score (nSPS) is 12.7. The summed E-state index contributed by atoms with van der Waals surface area (Å²) in [5.41, 5.74) is 1.57. The maximum atomic E-state index is 12.7. The van der Waals surface area contributed by atoms with Crippen LogP contribution < -0.4 is 5.32 Å². The predicted octanol–water partition coefficient (Wildman–Crippen LogP) is 4.41. The van der Waals surface area contributed by atoms with Gasteiger partial charge in [0.05, 0.1) is 17.9 Å². The summed E-state index contributed by atoms with van der Waals surface area (Å²) < 4.78 is 7.27. The second-order valence-electron chi connectivity index (χ2n) is 7.02. The SMILES string of the molecule is CCOC(=O)c1c(NC(=O)CSc2nnc(Cc3cccs3)n2CC)sc2c1CCC2. The summed E-state index contributed by atoms with van der Waals surface area (Å²) in [5, 5.41) is 14.9. The highest BCUT2D eigenvalue weighted by atomic mass is 32.2. The van der Waals surface area contributed by atoms with Crippen molar-refractivity contribution >= 4 is 51.3 Å². The predicted molar refractivity (Wildman–Crippen MR) is 124 cm³/mol. The first-order valence-electron chi connectivity index (χ1n) is 10.3. The van der Waals surface area contributed by atoms with Crippen molar-refractivity contribution < 1.29 is 14.3 Å². The molecular formula is C21H24N4O3S3. The number of hydrogen-bond acceptors (Lipinski definition) is 8. The Kier molecular flexibility index (Phi) is 7.09. The first-order valence-corrected chi connectivity index (χ1v) is 13.0. The summed E-state index contributed by atoms with van der Waals surface area (Å²) in [4.78, 5) is 27.6. The number of nitrogens with zero attached hydrogens (tertiary/aromatic N) is 3. The summed E-state index contributed by atoms with van der Waals surface area (Å²) in [5.74, 6) is 0.573. The van der Waals surface area contributed by atoms with Gasteiger partial charge in [-0.3, -0.25) is 4.79 Å². The zero-order valence-electron chi connectivity index (χ0n) is 17.5. The van der Waals surface area contributed by atoms with Crippen LogP contribution in [0.25, 0.3) is 0 Å². The minimum atomic E-state index is -0.353. The lowest BCUT2D eigenvalue weighted by molar-refractivity contribution is -0.113. The zero-order chi connectivity index (χ0) is 21.8. The van der Waals surface area contributed by atoms with E-state index in [1.54, 1.807) is 18.3 Å². The number of amides is 1. The van der Waals surface area contributed by atoms with Crippen LogP contribution in [0.15, 0.2) is 22.7 Å². The fraction of sp³-hybridized carbons (Fsp3) is 0.429. The van der Waals surface area contributed by atoms with Crippen molar-refractivity contribution in [2.45, 2.75) is 51.2 Å². The maximum absolute atomic E-state index is 12.7. The van der Waals surface area contributed by atoms with E-state index in [-0.39, 0.29) is 17.6 Å². The topological polar surface area (TPSA) is 86.1 Å². The molecule has 0 spiro atoms. The molecular weight excluding hydrogens is 452 g/mol. The molecule has 7 nitrogen and oxygen atoms in total. The van der Waals surface area contributed by atoms with Gasteiger partial charge in [0.15, 0.2) is 5.16 Å². The molecule has 0 fully saturated rings. The number of anilines is 1. The van der Waals surface area contributed by atoms with E-state index >= 15 is 0 Å². The number of esters is 1. The number of thiophene rings is 2. The molecule has 3 heterocycles. The summed E-state index contributed by atoms with van der Waals surface area (Å²) in [6, 6.07) is 4.11. The van der Waals surface area contributed by atoms with E-state index in [1.807, 2.05) is 22.9 Å². The van der Waals surface area contributed by atoms with Crippen molar-refractivity contribution in [1.29, 1.82) is 0 Å². The molecule has 31 heavy (non-hydrogen) atoms. The lowest BCUT2D eigenvalue weighted by atomic mass is 10.1. The van der Waals surface area contributed by atoms with E-state index in [4.69, 9.17) is 4.74 Å². The first kappa shape index (κ1) is 22.0. The highest BCUT2D eigenvalue weighted by Crippen LogP contribution is 2.39. The molecule has 3 aromatic heterocycles. The fourth-order valence-electron chi connectivity index (χ4n) is 3.65. The Hall–Kier alpha value is -2.17. The number of nitrogens with one attached hydrogen (secondary N) is 1. The minimum absolute atomic E-state index is 0.166. The quantitative estimate of drug-likeness (QED) is 0.364. The number of carbonyl (C=O) groups is 2. The Labute approximate surface area is 193 Å². The number of thioether (sulfide) groups is 1. The molecule has 1 aliphatic rings. The molecule has 0 aromatic carbocycles. The number of ether oxygens (including phenoxy) is 1. The molecule has 0 saturated carbocycles. The molecule has 10 heteroatoms. The molecule has 0 bridgehead atoms. The van der Waals surface area contributed by atoms with Crippen LogP contribution in [-0.4, -0.2) is 39.0 Å². The minimum Gasteiger partial charge on any atom is -0.462 e. The number of hydrogen-bond donors (Lipinski definition) is 1. The van der Waals surface area contributed by atoms with Crippen molar-refractivity contribution in [2.24, 2.45) is 0 Å². The molecule has 3 aromatic rings. The van der Waals surface area contributed by atoms with E-state index in [2.05, 4.69) is 21.6 Å². The summed E-state index contributed by atoms with van der Waals surface area (Å²) in [7, 11) is 0. The van der Waals surface area contributed by atoms with Crippen molar-refractivity contribution in [3.8, 4) is 0 Å². The largest absolute Gasteiger partial charge is 0.462 e. The van der Waals surface area contributed by atoms with E-state index in [9.17, 15) is 9.59 Å². The molecule has 1 N–H and O–H groups in total. The lowest BCUT2D eigenvalue weighted by Gasteiger charge is -2.09. The van der Waals surface area contributed by atoms with E-state index in [1.165, 1.54) is 32.9 Å². The molecule has 1 aliphatic carbocycles. The maximum Gasteiger partial charge on any atom is 0.341 e. The molecule has 4 rings (SSSR count). The summed E-state index contributed by atoms with van der Waals surface area (Å²) >= 11 is 4.54. The van der Waals surface area contributed by atoms with E-state index < -0.39 is 0 Å². The van der Waals surface area contributed by atoms with Gasteiger partial charge in [0.1, 0.15) is 10.8 Å². The Balaban J connectivity index is 1.42. The standard InChI is InChI=1S/C21H24N4O3S3/c1-3-25-16(11-13-7-6-10-29-13)23-24-21(25)30-12-17(26)22-19-18(20(27)28-4-2)14-8-5-9-15(14)31-19/h6-7,10H,3-5,8-9,11-12H2,1-2H3,(H,22,26). The third kappa shape index (κ3) is 4.86. The molecule has 0 atom stereocenters. The van der Waals surface area contributed by atoms with Crippen molar-refractivity contribution in [2.75, 3.05) is 17.7 Å². The Bertz CT molecular complexity index is 1070. The van der Waals surface area contributed by atoms with Crippen LogP contribution in [0.2, 0.25) is 0 Å². The summed E-state index contributed by atoms with van der Waals surface area (Å²) in [6.45, 7) is 4.88. The summed E-state index contributed by atoms with van der Waals surface area (Å²) in [6.07, 6.45) is 3.58. The molecule has 0 radical (unpaired) electrons. The number of aryl methyl sites for hydroxylation is 1. The highest BCUT2D eigenvalue weighted by molar-refractivity contribution is 7.99. The number of fused-ring (bicyclic) bond motifs is 1. The average Bonchev–Trinajstić information content (AvgIpc) is 3.51. The third-order valence-electron chi connectivity index (χ3n) is 5.01. The average molecular weight is 477 g/mol. The van der Waals surface area contributed by atoms with Crippen LogP contribution in [0.4, 0.5) is 5.00 Å². The smallest absolute Gasteiger partial charge is 0.341 e. The van der Waals surface area contributed by atoms with Gasteiger partial charge >= 0.3 is 5.97 Å². The van der Waals surface area contributed by atoms with Gasteiger partial charge in [-0.05, 0) is 50.1 Å². The van der Waals surface area contributed by atoms with Crippen molar-refractivity contribution in [1.82, 2.24) is 14.8 Å². The van der Waals surface area contributed by atoms with Gasteiger partial charge in [-0.2, -0.15) is 0 Å². The molecule has 164 valence electrons. The fourth-order valence-corrected chi connectivity index (χ4v) is 6.46. The molecule has 1 amide bonds. The second-order valence-corrected chi connectivity index (χ2v) is 10.1. The van der Waals surface area contributed by atoms with Gasteiger partial charge in [-0.1, -0.05) is 17.8 Å². The highest BCUT2D eigenvalue weighted by Gasteiger charge is 2.28. The van der Waals surface area contributed by atoms with E-state index in [0.29, 0.717) is 17.2 Å². The van der Waals surface area contributed by atoms with Gasteiger partial charge in [-0.25, -0.2) is 4.79 Å². The number of rotatable bonds is 9. The molecule has 0 unspecified atom stereocenters. The Morgan fingerprint density at radius 3 is 2.90 bits per heavy atom. The van der Waals surface area contributed by atoms with Crippen LogP contribution in [0.3, 0.4) is 0 Å². The van der Waals surface area contributed by atoms with Crippen LogP contribution in [-0.2, 0) is 35.3 Å². The Morgan fingerprint density at radius 2 is 2.16 bits per heavy atom. The van der Waals surface area contributed by atoms with Crippen LogP contribution in [0.5, 0.6) is 0 Å². The van der Waals surface area contributed by atoms with Gasteiger partial charge in [0.25, 0.3) is 0 Å². The monoisotopic (exact) mass is 476 g/mol. The van der Waals surface area contributed by atoms with Crippen molar-refractivity contribution in [3.05, 3.63) is 44.2 Å². The van der Waals surface area contributed by atoms with E-state index in [0.717, 1.165) is 48.8 Å². The van der Waals surface area contributed by atoms with Crippen molar-refractivity contribution in [3.63, 3.8) is 0 Å². The first-order chi connectivity index (χ1) is 15.1. The van der Waals surface area contributed by atoms with Crippen LogP contribution >= 0.6 is 34.4 Å². The van der Waals surface area contributed by atoms with Gasteiger partial charge in [-0.15, -0.1) is 32.9 Å².